The molecule has 0 spiro atoms. The lowest BCUT2D eigenvalue weighted by molar-refractivity contribution is -0.0381. The van der Waals surface area contributed by atoms with E-state index in [2.05, 4.69) is 42.0 Å². The Kier molecular flexibility index (Phi) is 7.13. The minimum Gasteiger partial charge on any atom is -0.374 e. The molecule has 1 atom stereocenters. The zero-order chi connectivity index (χ0) is 15.2. The summed E-state index contributed by atoms with van der Waals surface area (Å²) in [7, 11) is 0. The number of rotatable bonds is 8. The van der Waals surface area contributed by atoms with E-state index in [9.17, 15) is 4.39 Å². The summed E-state index contributed by atoms with van der Waals surface area (Å²) < 4.78 is 20.6. The largest absolute Gasteiger partial charge is 0.374 e. The predicted octanol–water partition coefficient (Wildman–Crippen LogP) is 4.31. The van der Waals surface area contributed by atoms with Crippen molar-refractivity contribution in [1.82, 2.24) is 5.32 Å². The van der Waals surface area contributed by atoms with Gasteiger partial charge in [-0.1, -0.05) is 28.9 Å². The molecule has 0 heterocycles. The number of benzene rings is 1. The Hall–Kier alpha value is -0.450. The van der Waals surface area contributed by atoms with Crippen molar-refractivity contribution in [1.29, 1.82) is 0 Å². The van der Waals surface area contributed by atoms with Gasteiger partial charge in [0.15, 0.2) is 0 Å². The van der Waals surface area contributed by atoms with E-state index < -0.39 is 0 Å². The van der Waals surface area contributed by atoms with Crippen LogP contribution in [0, 0.1) is 5.82 Å². The maximum absolute atomic E-state index is 14.0. The smallest absolute Gasteiger partial charge is 0.127 e. The van der Waals surface area contributed by atoms with Crippen LogP contribution in [-0.2, 0) is 11.2 Å². The molecule has 0 radical (unpaired) electrons. The van der Waals surface area contributed by atoms with Crippen LogP contribution in [0.3, 0.4) is 0 Å². The van der Waals surface area contributed by atoms with Crippen molar-refractivity contribution in [3.8, 4) is 0 Å². The van der Waals surface area contributed by atoms with Gasteiger partial charge in [0.05, 0.1) is 5.60 Å². The Morgan fingerprint density at radius 3 is 2.60 bits per heavy atom. The molecular formula is C16H25BrFNO. The summed E-state index contributed by atoms with van der Waals surface area (Å²) in [5.74, 6) is -0.171. The molecule has 0 aromatic heterocycles. The zero-order valence-corrected chi connectivity index (χ0v) is 14.4. The molecule has 0 saturated carbocycles. The molecule has 114 valence electrons. The van der Waals surface area contributed by atoms with Crippen molar-refractivity contribution in [2.24, 2.45) is 0 Å². The molecule has 1 aromatic rings. The Morgan fingerprint density at radius 1 is 1.35 bits per heavy atom. The molecule has 1 unspecified atom stereocenters. The standard InChI is InChI=1S/C16H25BrFNO/c1-5-9-19-15(16(3,4)20-6-2)10-12-7-8-13(17)11-14(12)18/h7-8,11,15,19H,5-6,9-10H2,1-4H3. The molecular weight excluding hydrogens is 321 g/mol. The lowest BCUT2D eigenvalue weighted by atomic mass is 9.91. The van der Waals surface area contributed by atoms with Crippen LogP contribution in [0.5, 0.6) is 0 Å². The van der Waals surface area contributed by atoms with E-state index in [4.69, 9.17) is 4.74 Å². The second-order valence-electron chi connectivity index (χ2n) is 5.48. The molecule has 0 aliphatic carbocycles. The Morgan fingerprint density at radius 2 is 2.05 bits per heavy atom. The van der Waals surface area contributed by atoms with Crippen molar-refractivity contribution in [2.75, 3.05) is 13.2 Å². The Balaban J connectivity index is 2.88. The third kappa shape index (κ3) is 5.15. The normalized spacial score (nSPS) is 13.5. The van der Waals surface area contributed by atoms with Crippen molar-refractivity contribution in [3.63, 3.8) is 0 Å². The average molecular weight is 346 g/mol. The molecule has 1 N–H and O–H groups in total. The first-order chi connectivity index (χ1) is 9.40. The Bertz CT molecular complexity index is 423. The SMILES string of the molecule is CCCNC(Cc1ccc(Br)cc1F)C(C)(C)OCC. The minimum atomic E-state index is -0.330. The van der Waals surface area contributed by atoms with Gasteiger partial charge in [-0.3, -0.25) is 0 Å². The van der Waals surface area contributed by atoms with E-state index in [1.165, 1.54) is 6.07 Å². The number of halogens is 2. The van der Waals surface area contributed by atoms with Crippen LogP contribution in [0.15, 0.2) is 22.7 Å². The van der Waals surface area contributed by atoms with Crippen molar-refractivity contribution < 1.29 is 9.13 Å². The quantitative estimate of drug-likeness (QED) is 0.757. The van der Waals surface area contributed by atoms with Crippen molar-refractivity contribution in [3.05, 3.63) is 34.1 Å². The first-order valence-corrected chi connectivity index (χ1v) is 8.01. The van der Waals surface area contributed by atoms with E-state index in [0.717, 1.165) is 23.0 Å². The van der Waals surface area contributed by atoms with Gasteiger partial charge < -0.3 is 10.1 Å². The number of hydrogen-bond donors (Lipinski definition) is 1. The monoisotopic (exact) mass is 345 g/mol. The van der Waals surface area contributed by atoms with Crippen molar-refractivity contribution in [2.45, 2.75) is 52.2 Å². The lowest BCUT2D eigenvalue weighted by Crippen LogP contribution is -2.50. The highest BCUT2D eigenvalue weighted by molar-refractivity contribution is 9.10. The first kappa shape index (κ1) is 17.6. The van der Waals surface area contributed by atoms with E-state index in [1.807, 2.05) is 19.1 Å². The second-order valence-corrected chi connectivity index (χ2v) is 6.40. The highest BCUT2D eigenvalue weighted by atomic mass is 79.9. The third-order valence-corrected chi connectivity index (χ3v) is 3.93. The zero-order valence-electron chi connectivity index (χ0n) is 12.8. The summed E-state index contributed by atoms with van der Waals surface area (Å²) in [6.07, 6.45) is 1.66. The fourth-order valence-corrected chi connectivity index (χ4v) is 2.60. The summed E-state index contributed by atoms with van der Waals surface area (Å²) in [5.41, 5.74) is 0.387. The first-order valence-electron chi connectivity index (χ1n) is 7.22. The molecule has 1 aromatic carbocycles. The van der Waals surface area contributed by atoms with E-state index >= 15 is 0 Å². The topological polar surface area (TPSA) is 21.3 Å². The van der Waals surface area contributed by atoms with Crippen LogP contribution in [0.1, 0.15) is 39.7 Å². The van der Waals surface area contributed by atoms with Crippen LogP contribution >= 0.6 is 15.9 Å². The fourth-order valence-electron chi connectivity index (χ4n) is 2.26. The number of hydrogen-bond acceptors (Lipinski definition) is 2. The predicted molar refractivity (Wildman–Crippen MR) is 85.6 cm³/mol. The molecule has 0 saturated heterocycles. The molecule has 20 heavy (non-hydrogen) atoms. The minimum absolute atomic E-state index is 0.0816. The number of ether oxygens (including phenoxy) is 1. The maximum atomic E-state index is 14.0. The van der Waals surface area contributed by atoms with E-state index in [-0.39, 0.29) is 17.5 Å². The summed E-state index contributed by atoms with van der Waals surface area (Å²) in [6.45, 7) is 9.78. The van der Waals surface area contributed by atoms with Gasteiger partial charge in [-0.05, 0) is 57.9 Å². The Labute approximate surface area is 130 Å². The lowest BCUT2D eigenvalue weighted by Gasteiger charge is -2.35. The van der Waals surface area contributed by atoms with Crippen LogP contribution in [0.4, 0.5) is 4.39 Å². The highest BCUT2D eigenvalue weighted by Crippen LogP contribution is 2.22. The third-order valence-electron chi connectivity index (χ3n) is 3.44. The maximum Gasteiger partial charge on any atom is 0.127 e. The van der Waals surface area contributed by atoms with Crippen LogP contribution in [-0.4, -0.2) is 24.8 Å². The molecule has 4 heteroatoms. The van der Waals surface area contributed by atoms with Gasteiger partial charge >= 0.3 is 0 Å². The highest BCUT2D eigenvalue weighted by Gasteiger charge is 2.30. The summed E-state index contributed by atoms with van der Waals surface area (Å²) >= 11 is 3.29. The van der Waals surface area contributed by atoms with Gasteiger partial charge in [0, 0.05) is 17.1 Å². The van der Waals surface area contributed by atoms with Crippen LogP contribution in [0.2, 0.25) is 0 Å². The van der Waals surface area contributed by atoms with Gasteiger partial charge in [-0.2, -0.15) is 0 Å². The average Bonchev–Trinajstić information content (AvgIpc) is 2.36. The van der Waals surface area contributed by atoms with E-state index in [0.29, 0.717) is 13.0 Å². The van der Waals surface area contributed by atoms with Crippen LogP contribution < -0.4 is 5.32 Å². The van der Waals surface area contributed by atoms with Gasteiger partial charge in [0.2, 0.25) is 0 Å². The number of nitrogens with one attached hydrogen (secondary N) is 1. The molecule has 0 fully saturated rings. The molecule has 2 nitrogen and oxygen atoms in total. The van der Waals surface area contributed by atoms with Gasteiger partial charge in [0.1, 0.15) is 5.82 Å². The molecule has 1 rings (SSSR count). The fraction of sp³-hybridized carbons (Fsp3) is 0.625. The summed E-state index contributed by atoms with van der Waals surface area (Å²) in [6, 6.07) is 5.31. The second kappa shape index (κ2) is 8.11. The summed E-state index contributed by atoms with van der Waals surface area (Å²) in [4.78, 5) is 0. The molecule has 0 bridgehead atoms. The van der Waals surface area contributed by atoms with Crippen molar-refractivity contribution >= 4 is 15.9 Å². The molecule has 0 amide bonds. The van der Waals surface area contributed by atoms with Gasteiger partial charge in [0.25, 0.3) is 0 Å². The summed E-state index contributed by atoms with van der Waals surface area (Å²) in [5, 5.41) is 3.48. The van der Waals surface area contributed by atoms with E-state index in [1.54, 1.807) is 0 Å². The van der Waals surface area contributed by atoms with Crippen LogP contribution in [0.25, 0.3) is 0 Å². The van der Waals surface area contributed by atoms with Gasteiger partial charge in [-0.15, -0.1) is 0 Å². The van der Waals surface area contributed by atoms with Gasteiger partial charge in [-0.25, -0.2) is 4.39 Å². The molecule has 0 aliphatic rings. The molecule has 0 aliphatic heterocycles.